The molecule has 1 saturated heterocycles. The van der Waals surface area contributed by atoms with E-state index in [1.807, 2.05) is 24.3 Å². The number of carbonyl (C=O) groups excluding carboxylic acids is 2. The van der Waals surface area contributed by atoms with Crippen LogP contribution in [-0.2, 0) is 15.0 Å². The van der Waals surface area contributed by atoms with Crippen LogP contribution in [0.5, 0.6) is 5.75 Å². The lowest BCUT2D eigenvalue weighted by molar-refractivity contribution is -0.132. The third kappa shape index (κ3) is 2.74. The van der Waals surface area contributed by atoms with Crippen molar-refractivity contribution >= 4 is 29.1 Å². The van der Waals surface area contributed by atoms with Gasteiger partial charge in [-0.3, -0.25) is 9.59 Å². The minimum absolute atomic E-state index is 0.0254. The summed E-state index contributed by atoms with van der Waals surface area (Å²) in [6, 6.07) is 14.6. The van der Waals surface area contributed by atoms with E-state index in [-0.39, 0.29) is 18.4 Å². The Balaban J connectivity index is 1.44. The van der Waals surface area contributed by atoms with E-state index in [1.54, 1.807) is 29.2 Å². The highest BCUT2D eigenvalue weighted by Crippen LogP contribution is 2.43. The van der Waals surface area contributed by atoms with Gasteiger partial charge in [-0.25, -0.2) is 0 Å². The second kappa shape index (κ2) is 6.08. The zero-order valence-corrected chi connectivity index (χ0v) is 14.3. The average Bonchev–Trinajstić information content (AvgIpc) is 3.18. The highest BCUT2D eigenvalue weighted by atomic mass is 35.5. The number of hydrogen-bond donors (Lipinski definition) is 1. The topological polar surface area (TPSA) is 58.6 Å². The van der Waals surface area contributed by atoms with Gasteiger partial charge in [0.25, 0.3) is 5.91 Å². The highest BCUT2D eigenvalue weighted by Gasteiger charge is 2.51. The standard InChI is InChI=1S/C19H17ClN2O3/c20-13-5-7-14(8-6-13)25-11-17(23)22-10-9-19(12-22)15-3-1-2-4-16(15)21-18(19)24/h1-8H,9-12H2,(H,21,24)/t19-/m1/s1. The number of para-hydroxylation sites is 1. The number of carbonyl (C=O) groups is 2. The molecule has 0 radical (unpaired) electrons. The van der Waals surface area contributed by atoms with Crippen LogP contribution in [0.15, 0.2) is 48.5 Å². The number of benzene rings is 2. The molecule has 1 fully saturated rings. The van der Waals surface area contributed by atoms with Crippen LogP contribution in [-0.4, -0.2) is 36.4 Å². The summed E-state index contributed by atoms with van der Waals surface area (Å²) in [5.74, 6) is 0.447. The Morgan fingerprint density at radius 1 is 1.20 bits per heavy atom. The van der Waals surface area contributed by atoms with Crippen molar-refractivity contribution in [2.45, 2.75) is 11.8 Å². The number of halogens is 1. The minimum Gasteiger partial charge on any atom is -0.484 e. The first kappa shape index (κ1) is 16.0. The number of hydrogen-bond acceptors (Lipinski definition) is 3. The fourth-order valence-electron chi connectivity index (χ4n) is 3.57. The maximum atomic E-state index is 12.5. The molecule has 0 aromatic heterocycles. The van der Waals surface area contributed by atoms with Crippen molar-refractivity contribution in [3.63, 3.8) is 0 Å². The summed E-state index contributed by atoms with van der Waals surface area (Å²) in [4.78, 5) is 26.7. The van der Waals surface area contributed by atoms with Crippen LogP contribution in [0.1, 0.15) is 12.0 Å². The summed E-state index contributed by atoms with van der Waals surface area (Å²) in [7, 11) is 0. The van der Waals surface area contributed by atoms with Gasteiger partial charge < -0.3 is 15.0 Å². The van der Waals surface area contributed by atoms with E-state index in [0.717, 1.165) is 11.3 Å². The Hall–Kier alpha value is -2.53. The molecule has 2 amide bonds. The third-order valence-electron chi connectivity index (χ3n) is 4.92. The highest BCUT2D eigenvalue weighted by molar-refractivity contribution is 6.30. The second-order valence-electron chi connectivity index (χ2n) is 6.39. The Bertz CT molecular complexity index is 837. The zero-order valence-electron chi connectivity index (χ0n) is 13.5. The summed E-state index contributed by atoms with van der Waals surface area (Å²) in [5.41, 5.74) is 1.19. The van der Waals surface area contributed by atoms with Gasteiger partial charge in [-0.2, -0.15) is 0 Å². The monoisotopic (exact) mass is 356 g/mol. The molecule has 2 aromatic carbocycles. The number of fused-ring (bicyclic) bond motifs is 2. The number of amides is 2. The van der Waals surface area contributed by atoms with Crippen molar-refractivity contribution in [3.8, 4) is 5.75 Å². The largest absolute Gasteiger partial charge is 0.484 e. The molecule has 4 rings (SSSR count). The summed E-state index contributed by atoms with van der Waals surface area (Å²) in [6.07, 6.45) is 0.628. The molecule has 1 N–H and O–H groups in total. The van der Waals surface area contributed by atoms with Gasteiger partial charge in [0.05, 0.1) is 5.41 Å². The molecule has 2 aliphatic rings. The van der Waals surface area contributed by atoms with E-state index in [0.29, 0.717) is 30.3 Å². The first-order valence-corrected chi connectivity index (χ1v) is 8.53. The number of anilines is 1. The molecule has 0 unspecified atom stereocenters. The predicted molar refractivity (Wildman–Crippen MR) is 94.9 cm³/mol. The smallest absolute Gasteiger partial charge is 0.260 e. The predicted octanol–water partition coefficient (Wildman–Crippen LogP) is 2.84. The first-order chi connectivity index (χ1) is 12.1. The van der Waals surface area contributed by atoms with Gasteiger partial charge in [0.2, 0.25) is 5.91 Å². The molecule has 5 nitrogen and oxygen atoms in total. The van der Waals surface area contributed by atoms with Gasteiger partial charge >= 0.3 is 0 Å². The third-order valence-corrected chi connectivity index (χ3v) is 5.18. The Kier molecular flexibility index (Phi) is 3.88. The number of ether oxygens (including phenoxy) is 1. The summed E-state index contributed by atoms with van der Waals surface area (Å²) in [5, 5.41) is 3.55. The lowest BCUT2D eigenvalue weighted by Gasteiger charge is -2.22. The molecule has 2 heterocycles. The van der Waals surface area contributed by atoms with Crippen LogP contribution >= 0.6 is 11.6 Å². The van der Waals surface area contributed by atoms with Crippen LogP contribution in [0.25, 0.3) is 0 Å². The van der Waals surface area contributed by atoms with Gasteiger partial charge in [-0.15, -0.1) is 0 Å². The molecule has 0 saturated carbocycles. The Morgan fingerprint density at radius 2 is 1.96 bits per heavy atom. The van der Waals surface area contributed by atoms with Crippen molar-refractivity contribution in [1.29, 1.82) is 0 Å². The van der Waals surface area contributed by atoms with Crippen LogP contribution in [0.4, 0.5) is 5.69 Å². The summed E-state index contributed by atoms with van der Waals surface area (Å²) >= 11 is 5.83. The van der Waals surface area contributed by atoms with Gasteiger partial charge in [0, 0.05) is 23.8 Å². The Labute approximate surface area is 150 Å². The van der Waals surface area contributed by atoms with Crippen LogP contribution < -0.4 is 10.1 Å². The Morgan fingerprint density at radius 3 is 2.76 bits per heavy atom. The van der Waals surface area contributed by atoms with Crippen molar-refractivity contribution in [2.24, 2.45) is 0 Å². The minimum atomic E-state index is -0.632. The van der Waals surface area contributed by atoms with Crippen LogP contribution in [0.3, 0.4) is 0 Å². The number of likely N-dealkylation sites (tertiary alicyclic amines) is 1. The molecule has 0 aliphatic carbocycles. The fraction of sp³-hybridized carbons (Fsp3) is 0.263. The number of nitrogens with zero attached hydrogens (tertiary/aromatic N) is 1. The first-order valence-electron chi connectivity index (χ1n) is 8.16. The van der Waals surface area contributed by atoms with Gasteiger partial charge in [-0.1, -0.05) is 29.8 Å². The van der Waals surface area contributed by atoms with Crippen LogP contribution in [0.2, 0.25) is 5.02 Å². The molecule has 25 heavy (non-hydrogen) atoms. The van der Waals surface area contributed by atoms with Crippen molar-refractivity contribution in [2.75, 3.05) is 25.0 Å². The van der Waals surface area contributed by atoms with E-state index in [1.165, 1.54) is 0 Å². The van der Waals surface area contributed by atoms with E-state index in [4.69, 9.17) is 16.3 Å². The zero-order chi connectivity index (χ0) is 17.4. The molecular weight excluding hydrogens is 340 g/mol. The molecule has 1 atom stereocenters. The van der Waals surface area contributed by atoms with Crippen molar-refractivity contribution in [1.82, 2.24) is 4.90 Å². The second-order valence-corrected chi connectivity index (χ2v) is 6.83. The van der Waals surface area contributed by atoms with Gasteiger partial charge in [-0.05, 0) is 42.3 Å². The van der Waals surface area contributed by atoms with Crippen molar-refractivity contribution in [3.05, 3.63) is 59.1 Å². The summed E-state index contributed by atoms with van der Waals surface area (Å²) < 4.78 is 5.53. The van der Waals surface area contributed by atoms with Gasteiger partial charge in [0.1, 0.15) is 5.75 Å². The summed E-state index contributed by atoms with van der Waals surface area (Å²) in [6.45, 7) is 0.879. The lowest BCUT2D eigenvalue weighted by Crippen LogP contribution is -2.40. The molecule has 128 valence electrons. The van der Waals surface area contributed by atoms with E-state index < -0.39 is 5.41 Å². The fourth-order valence-corrected chi connectivity index (χ4v) is 3.69. The van der Waals surface area contributed by atoms with E-state index >= 15 is 0 Å². The van der Waals surface area contributed by atoms with Gasteiger partial charge in [0.15, 0.2) is 6.61 Å². The molecule has 6 heteroatoms. The number of nitrogens with one attached hydrogen (secondary N) is 1. The average molecular weight is 357 g/mol. The molecule has 0 bridgehead atoms. The lowest BCUT2D eigenvalue weighted by atomic mass is 9.81. The number of rotatable bonds is 3. The molecular formula is C19H17ClN2O3. The maximum absolute atomic E-state index is 12.5. The quantitative estimate of drug-likeness (QED) is 0.920. The molecule has 1 spiro atoms. The molecule has 2 aliphatic heterocycles. The normalized spacial score (nSPS) is 21.3. The van der Waals surface area contributed by atoms with Crippen molar-refractivity contribution < 1.29 is 14.3 Å². The molecule has 2 aromatic rings. The maximum Gasteiger partial charge on any atom is 0.260 e. The van der Waals surface area contributed by atoms with E-state index in [2.05, 4.69) is 5.32 Å². The van der Waals surface area contributed by atoms with Crippen LogP contribution in [0, 0.1) is 0 Å². The SMILES string of the molecule is O=C(COc1ccc(Cl)cc1)N1CC[C@]2(C1)C(=O)Nc1ccccc12. The van der Waals surface area contributed by atoms with E-state index in [9.17, 15) is 9.59 Å².